The lowest BCUT2D eigenvalue weighted by Gasteiger charge is -2.32. The molecule has 2 saturated heterocycles. The summed E-state index contributed by atoms with van der Waals surface area (Å²) in [6.07, 6.45) is 7.28. The number of ether oxygens (including phenoxy) is 1. The fourth-order valence-corrected chi connectivity index (χ4v) is 5.06. The van der Waals surface area contributed by atoms with Crippen LogP contribution in [0, 0.1) is 0 Å². The van der Waals surface area contributed by atoms with E-state index in [1.54, 1.807) is 0 Å². The number of pyridine rings is 1. The van der Waals surface area contributed by atoms with Gasteiger partial charge in [-0.1, -0.05) is 6.07 Å². The maximum atomic E-state index is 6.12. The number of aromatic nitrogens is 1. The molecule has 0 saturated carbocycles. The second-order valence-electron chi connectivity index (χ2n) is 7.48. The molecule has 0 aliphatic carbocycles. The highest BCUT2D eigenvalue weighted by Crippen LogP contribution is 2.24. The number of nitrogens with zero attached hydrogens (tertiary/aromatic N) is 3. The van der Waals surface area contributed by atoms with Crippen LogP contribution in [0.25, 0.3) is 0 Å². The summed E-state index contributed by atoms with van der Waals surface area (Å²) in [6, 6.07) is 10.7. The lowest BCUT2D eigenvalue weighted by Crippen LogP contribution is -2.39. The minimum atomic E-state index is 0.329. The summed E-state index contributed by atoms with van der Waals surface area (Å²) in [6.45, 7) is 7.59. The van der Waals surface area contributed by atoms with Crippen LogP contribution in [0.2, 0.25) is 0 Å². The Morgan fingerprint density at radius 1 is 0.962 bits per heavy atom. The summed E-state index contributed by atoms with van der Waals surface area (Å²) in [5.41, 5.74) is 1.02. The summed E-state index contributed by atoms with van der Waals surface area (Å²) in [7, 11) is 0. The molecule has 0 amide bonds. The van der Waals surface area contributed by atoms with Crippen LogP contribution in [0.3, 0.4) is 0 Å². The van der Waals surface area contributed by atoms with Crippen molar-refractivity contribution >= 4 is 11.3 Å². The number of piperidine rings is 1. The van der Waals surface area contributed by atoms with E-state index in [9.17, 15) is 0 Å². The van der Waals surface area contributed by atoms with E-state index in [1.165, 1.54) is 48.7 Å². The second-order valence-corrected chi connectivity index (χ2v) is 8.74. The molecule has 4 nitrogen and oxygen atoms in total. The van der Waals surface area contributed by atoms with E-state index in [0.29, 0.717) is 12.7 Å². The molecular formula is C21H29N3OS. The quantitative estimate of drug-likeness (QED) is 0.738. The predicted molar refractivity (Wildman–Crippen MR) is 106 cm³/mol. The third kappa shape index (κ3) is 5.13. The standard InChI is InChI=1S/C21H29N3OS/c1-2-10-22-18(6-1)17-25-19-7-5-13-24(14-19)16-21-9-8-20(26-21)15-23-11-3-4-12-23/h1-2,6,8-10,19H,3-5,7,11-17H2/t19-/m0/s1. The Bertz CT molecular complexity index is 669. The van der Waals surface area contributed by atoms with Crippen molar-refractivity contribution in [3.8, 4) is 0 Å². The molecule has 5 heteroatoms. The molecule has 2 aromatic heterocycles. The molecule has 0 bridgehead atoms. The first-order chi connectivity index (χ1) is 12.8. The number of rotatable bonds is 7. The van der Waals surface area contributed by atoms with Crippen LogP contribution < -0.4 is 0 Å². The molecule has 4 rings (SSSR count). The van der Waals surface area contributed by atoms with Crippen molar-refractivity contribution < 1.29 is 4.74 Å². The number of thiophene rings is 1. The van der Waals surface area contributed by atoms with Gasteiger partial charge in [-0.25, -0.2) is 0 Å². The summed E-state index contributed by atoms with van der Waals surface area (Å²) >= 11 is 1.99. The molecule has 26 heavy (non-hydrogen) atoms. The average molecular weight is 372 g/mol. The third-order valence-electron chi connectivity index (χ3n) is 5.33. The van der Waals surface area contributed by atoms with Gasteiger partial charge in [-0.05, 0) is 69.6 Å². The molecule has 2 fully saturated rings. The van der Waals surface area contributed by atoms with Crippen molar-refractivity contribution in [1.29, 1.82) is 0 Å². The van der Waals surface area contributed by atoms with Gasteiger partial charge in [0, 0.05) is 35.6 Å². The number of likely N-dealkylation sites (tertiary alicyclic amines) is 2. The Labute approximate surface area is 160 Å². The van der Waals surface area contributed by atoms with Gasteiger partial charge < -0.3 is 4.74 Å². The van der Waals surface area contributed by atoms with Crippen molar-refractivity contribution in [3.63, 3.8) is 0 Å². The molecule has 2 aliphatic heterocycles. The largest absolute Gasteiger partial charge is 0.371 e. The SMILES string of the molecule is c1ccc(CO[C@H]2CCCN(Cc3ccc(CN4CCCC4)s3)C2)nc1. The van der Waals surface area contributed by atoms with Gasteiger partial charge in [-0.15, -0.1) is 11.3 Å². The summed E-state index contributed by atoms with van der Waals surface area (Å²) in [4.78, 5) is 12.5. The summed E-state index contributed by atoms with van der Waals surface area (Å²) < 4.78 is 6.12. The van der Waals surface area contributed by atoms with Gasteiger partial charge in [0.05, 0.1) is 18.4 Å². The molecule has 0 radical (unpaired) electrons. The zero-order chi connectivity index (χ0) is 17.6. The topological polar surface area (TPSA) is 28.6 Å². The van der Waals surface area contributed by atoms with E-state index in [1.807, 2.05) is 35.7 Å². The fraction of sp³-hybridized carbons (Fsp3) is 0.571. The molecule has 2 aliphatic rings. The van der Waals surface area contributed by atoms with Crippen molar-refractivity contribution in [1.82, 2.24) is 14.8 Å². The van der Waals surface area contributed by atoms with E-state index in [0.717, 1.165) is 31.7 Å². The predicted octanol–water partition coefficient (Wildman–Crippen LogP) is 3.92. The molecule has 0 aromatic carbocycles. The van der Waals surface area contributed by atoms with Crippen molar-refractivity contribution in [2.45, 2.75) is 51.5 Å². The highest BCUT2D eigenvalue weighted by molar-refractivity contribution is 7.11. The monoisotopic (exact) mass is 371 g/mol. The minimum Gasteiger partial charge on any atom is -0.371 e. The highest BCUT2D eigenvalue weighted by atomic mass is 32.1. The minimum absolute atomic E-state index is 0.329. The van der Waals surface area contributed by atoms with Crippen molar-refractivity contribution in [2.24, 2.45) is 0 Å². The first-order valence-electron chi connectivity index (χ1n) is 9.89. The fourth-order valence-electron chi connectivity index (χ4n) is 3.95. The average Bonchev–Trinajstić information content (AvgIpc) is 3.34. The van der Waals surface area contributed by atoms with Gasteiger partial charge in [0.15, 0.2) is 0 Å². The first-order valence-corrected chi connectivity index (χ1v) is 10.7. The zero-order valence-electron chi connectivity index (χ0n) is 15.5. The first kappa shape index (κ1) is 18.1. The van der Waals surface area contributed by atoms with Crippen LogP contribution in [0.5, 0.6) is 0 Å². The molecule has 0 unspecified atom stereocenters. The van der Waals surface area contributed by atoms with Crippen LogP contribution in [-0.2, 0) is 24.4 Å². The van der Waals surface area contributed by atoms with Gasteiger partial charge in [0.2, 0.25) is 0 Å². The smallest absolute Gasteiger partial charge is 0.0892 e. The maximum absolute atomic E-state index is 6.12. The number of hydrogen-bond donors (Lipinski definition) is 0. The van der Waals surface area contributed by atoms with Crippen LogP contribution in [0.15, 0.2) is 36.5 Å². The van der Waals surface area contributed by atoms with Crippen LogP contribution >= 0.6 is 11.3 Å². The van der Waals surface area contributed by atoms with Crippen LogP contribution in [-0.4, -0.2) is 47.1 Å². The van der Waals surface area contributed by atoms with Gasteiger partial charge in [-0.2, -0.15) is 0 Å². The van der Waals surface area contributed by atoms with Gasteiger partial charge in [0.25, 0.3) is 0 Å². The normalized spacial score (nSPS) is 22.1. The molecule has 4 heterocycles. The Hall–Kier alpha value is -1.27. The Balaban J connectivity index is 1.24. The van der Waals surface area contributed by atoms with Crippen LogP contribution in [0.4, 0.5) is 0 Å². The molecule has 0 spiro atoms. The van der Waals surface area contributed by atoms with E-state index in [4.69, 9.17) is 4.74 Å². The third-order valence-corrected chi connectivity index (χ3v) is 6.38. The van der Waals surface area contributed by atoms with E-state index in [-0.39, 0.29) is 0 Å². The van der Waals surface area contributed by atoms with E-state index >= 15 is 0 Å². The van der Waals surface area contributed by atoms with Crippen molar-refractivity contribution in [3.05, 3.63) is 52.0 Å². The van der Waals surface area contributed by atoms with E-state index < -0.39 is 0 Å². The maximum Gasteiger partial charge on any atom is 0.0892 e. The summed E-state index contributed by atoms with van der Waals surface area (Å²) in [5.74, 6) is 0. The summed E-state index contributed by atoms with van der Waals surface area (Å²) in [5, 5.41) is 0. The lowest BCUT2D eigenvalue weighted by atomic mass is 10.1. The Morgan fingerprint density at radius 2 is 1.73 bits per heavy atom. The Kier molecular flexibility index (Phi) is 6.33. The van der Waals surface area contributed by atoms with Gasteiger partial charge in [-0.3, -0.25) is 14.8 Å². The molecule has 140 valence electrons. The lowest BCUT2D eigenvalue weighted by molar-refractivity contribution is -0.0130. The van der Waals surface area contributed by atoms with Crippen LogP contribution in [0.1, 0.15) is 41.1 Å². The molecule has 0 N–H and O–H groups in total. The second kappa shape index (κ2) is 9.09. The van der Waals surface area contributed by atoms with Gasteiger partial charge >= 0.3 is 0 Å². The van der Waals surface area contributed by atoms with E-state index in [2.05, 4.69) is 26.9 Å². The van der Waals surface area contributed by atoms with Gasteiger partial charge in [0.1, 0.15) is 0 Å². The molecular weight excluding hydrogens is 342 g/mol. The molecule has 1 atom stereocenters. The molecule has 2 aromatic rings. The van der Waals surface area contributed by atoms with Crippen molar-refractivity contribution in [2.75, 3.05) is 26.2 Å². The highest BCUT2D eigenvalue weighted by Gasteiger charge is 2.21. The Morgan fingerprint density at radius 3 is 2.50 bits per heavy atom. The zero-order valence-corrected chi connectivity index (χ0v) is 16.3. The number of hydrogen-bond acceptors (Lipinski definition) is 5.